The monoisotopic (exact) mass is 511 g/mol. The third-order valence-electron chi connectivity index (χ3n) is 5.91. The number of methoxy groups -OCH3 is 1. The van der Waals surface area contributed by atoms with E-state index >= 15 is 0 Å². The Labute approximate surface area is 219 Å². The van der Waals surface area contributed by atoms with Crippen molar-refractivity contribution in [2.24, 2.45) is 0 Å². The first kappa shape index (κ1) is 23.9. The summed E-state index contributed by atoms with van der Waals surface area (Å²) in [7, 11) is 1.62. The number of nitrogens with zero attached hydrogens (tertiary/aromatic N) is 1. The number of thioether (sulfide) groups is 1. The van der Waals surface area contributed by atoms with Gasteiger partial charge in [0.25, 0.3) is 0 Å². The number of rotatable bonds is 6. The largest absolute Gasteiger partial charge is 0.495 e. The molecular weight excluding hydrogens is 486 g/mol. The summed E-state index contributed by atoms with van der Waals surface area (Å²) in [5, 5.41) is 8.72. The van der Waals surface area contributed by atoms with Crippen LogP contribution in [-0.2, 0) is 0 Å². The fourth-order valence-corrected chi connectivity index (χ4v) is 5.47. The van der Waals surface area contributed by atoms with Gasteiger partial charge in [-0.25, -0.2) is 0 Å². The van der Waals surface area contributed by atoms with Gasteiger partial charge in [0.15, 0.2) is 5.11 Å². The van der Waals surface area contributed by atoms with E-state index in [0.717, 1.165) is 38.1 Å². The van der Waals surface area contributed by atoms with Crippen LogP contribution in [0.4, 0.5) is 11.4 Å². The Morgan fingerprint density at radius 1 is 0.861 bits per heavy atom. The van der Waals surface area contributed by atoms with E-state index in [1.807, 2.05) is 96.4 Å². The molecule has 2 N–H and O–H groups in total. The number of nitrogens with one attached hydrogen (secondary N) is 2. The third kappa shape index (κ3) is 4.80. The zero-order chi connectivity index (χ0) is 25.1. The predicted octanol–water partition coefficient (Wildman–Crippen LogP) is 7.43. The Hall–Kier alpha value is -3.81. The van der Waals surface area contributed by atoms with Gasteiger partial charge in [-0.3, -0.25) is 9.36 Å². The molecule has 0 amide bonds. The van der Waals surface area contributed by atoms with E-state index in [1.165, 1.54) is 11.8 Å². The van der Waals surface area contributed by atoms with Crippen molar-refractivity contribution >= 4 is 68.2 Å². The Bertz CT molecular complexity index is 1520. The van der Waals surface area contributed by atoms with E-state index in [2.05, 4.69) is 22.8 Å². The van der Waals surface area contributed by atoms with Crippen LogP contribution in [0.2, 0.25) is 0 Å². The molecule has 0 aliphatic rings. The van der Waals surface area contributed by atoms with Crippen LogP contribution in [0.15, 0.2) is 102 Å². The van der Waals surface area contributed by atoms with E-state index in [9.17, 15) is 4.79 Å². The summed E-state index contributed by atoms with van der Waals surface area (Å²) in [4.78, 5) is 14.6. The third-order valence-corrected chi connectivity index (χ3v) is 7.19. The SMILES string of the molecule is COc1ccccc1NC(=S)Nc1cccc(SC(C)C(=O)n2c3ccccc3c3ccccc32)c1. The zero-order valence-electron chi connectivity index (χ0n) is 19.9. The van der Waals surface area contributed by atoms with Gasteiger partial charge in [-0.15, -0.1) is 11.8 Å². The normalized spacial score (nSPS) is 11.8. The smallest absolute Gasteiger partial charge is 0.244 e. The number of carbonyl (C=O) groups excluding carboxylic acids is 1. The molecule has 7 heteroatoms. The molecule has 5 rings (SSSR count). The summed E-state index contributed by atoms with van der Waals surface area (Å²) < 4.78 is 7.22. The van der Waals surface area contributed by atoms with Crippen LogP contribution in [0.25, 0.3) is 21.8 Å². The molecule has 36 heavy (non-hydrogen) atoms. The number of aromatic nitrogens is 1. The van der Waals surface area contributed by atoms with E-state index in [4.69, 9.17) is 17.0 Å². The first-order chi connectivity index (χ1) is 17.5. The lowest BCUT2D eigenvalue weighted by atomic mass is 10.2. The molecule has 5 nitrogen and oxygen atoms in total. The van der Waals surface area contributed by atoms with Gasteiger partial charge in [-0.1, -0.05) is 54.6 Å². The molecule has 5 aromatic rings. The number of anilines is 2. The van der Waals surface area contributed by atoms with Gasteiger partial charge in [0.2, 0.25) is 5.91 Å². The molecule has 0 aliphatic carbocycles. The van der Waals surface area contributed by atoms with Crippen molar-refractivity contribution in [2.45, 2.75) is 17.1 Å². The number of hydrogen-bond acceptors (Lipinski definition) is 4. The second-order valence-corrected chi connectivity index (χ2v) is 10.1. The highest BCUT2D eigenvalue weighted by atomic mass is 32.2. The van der Waals surface area contributed by atoms with E-state index in [-0.39, 0.29) is 11.2 Å². The Balaban J connectivity index is 1.33. The van der Waals surface area contributed by atoms with Gasteiger partial charge in [-0.2, -0.15) is 0 Å². The van der Waals surface area contributed by atoms with Crippen LogP contribution in [0.1, 0.15) is 11.7 Å². The van der Waals surface area contributed by atoms with Crippen LogP contribution in [0.5, 0.6) is 5.75 Å². The first-order valence-electron chi connectivity index (χ1n) is 11.6. The van der Waals surface area contributed by atoms with Gasteiger partial charge in [0.1, 0.15) is 5.75 Å². The minimum absolute atomic E-state index is 0.0455. The lowest BCUT2D eigenvalue weighted by Crippen LogP contribution is -2.21. The summed E-state index contributed by atoms with van der Waals surface area (Å²) >= 11 is 7.02. The number of carbonyl (C=O) groups is 1. The van der Waals surface area contributed by atoms with E-state index < -0.39 is 0 Å². The Morgan fingerprint density at radius 3 is 2.19 bits per heavy atom. The highest BCUT2D eigenvalue weighted by molar-refractivity contribution is 8.00. The van der Waals surface area contributed by atoms with Crippen molar-refractivity contribution in [2.75, 3.05) is 17.7 Å². The highest BCUT2D eigenvalue weighted by Gasteiger charge is 2.21. The fourth-order valence-electron chi connectivity index (χ4n) is 4.28. The van der Waals surface area contributed by atoms with Gasteiger partial charge in [-0.05, 0) is 61.6 Å². The van der Waals surface area contributed by atoms with Crippen molar-refractivity contribution in [1.29, 1.82) is 0 Å². The molecule has 0 fully saturated rings. The summed E-state index contributed by atoms with van der Waals surface area (Å²) in [6.07, 6.45) is 0. The lowest BCUT2D eigenvalue weighted by molar-refractivity contribution is 0.0925. The molecule has 4 aromatic carbocycles. The highest BCUT2D eigenvalue weighted by Crippen LogP contribution is 2.32. The predicted molar refractivity (Wildman–Crippen MR) is 155 cm³/mol. The minimum atomic E-state index is -0.293. The second kappa shape index (κ2) is 10.4. The molecular formula is C29H25N3O2S2. The quantitative estimate of drug-likeness (QED) is 0.183. The van der Waals surface area contributed by atoms with Crippen molar-refractivity contribution < 1.29 is 9.53 Å². The first-order valence-corrected chi connectivity index (χ1v) is 12.8. The number of thiocarbonyl (C=S) groups is 1. The number of hydrogen-bond donors (Lipinski definition) is 2. The molecule has 0 spiro atoms. The molecule has 0 saturated heterocycles. The topological polar surface area (TPSA) is 55.3 Å². The summed E-state index contributed by atoms with van der Waals surface area (Å²) in [6, 6.07) is 31.6. The van der Waals surface area contributed by atoms with E-state index in [1.54, 1.807) is 7.11 Å². The summed E-state index contributed by atoms with van der Waals surface area (Å²) in [5.41, 5.74) is 3.48. The van der Waals surface area contributed by atoms with Crippen LogP contribution in [0, 0.1) is 0 Å². The number of ether oxygens (including phenoxy) is 1. The Morgan fingerprint density at radius 2 is 1.50 bits per heavy atom. The van der Waals surface area contributed by atoms with Gasteiger partial charge >= 0.3 is 0 Å². The number of para-hydroxylation sites is 4. The van der Waals surface area contributed by atoms with E-state index in [0.29, 0.717) is 10.9 Å². The van der Waals surface area contributed by atoms with Gasteiger partial charge < -0.3 is 15.4 Å². The molecule has 0 saturated carbocycles. The van der Waals surface area contributed by atoms with Crippen LogP contribution in [0.3, 0.4) is 0 Å². The van der Waals surface area contributed by atoms with Crippen LogP contribution < -0.4 is 15.4 Å². The average Bonchev–Trinajstić information content (AvgIpc) is 3.23. The van der Waals surface area contributed by atoms with Crippen LogP contribution in [-0.4, -0.2) is 27.9 Å². The number of fused-ring (bicyclic) bond motifs is 3. The second-order valence-electron chi connectivity index (χ2n) is 8.28. The van der Waals surface area contributed by atoms with Gasteiger partial charge in [0.05, 0.1) is 29.1 Å². The fraction of sp³-hybridized carbons (Fsp3) is 0.103. The van der Waals surface area contributed by atoms with Crippen LogP contribution >= 0.6 is 24.0 Å². The molecule has 1 heterocycles. The van der Waals surface area contributed by atoms with Crippen molar-refractivity contribution in [1.82, 2.24) is 4.57 Å². The molecule has 1 unspecified atom stereocenters. The van der Waals surface area contributed by atoms with Crippen molar-refractivity contribution in [3.05, 3.63) is 97.1 Å². The standard InChI is InChI=1S/C29H25N3O2S2/c1-19(28(33)32-25-15-6-3-12-22(25)23-13-4-7-16-26(23)32)36-21-11-9-10-20(18-21)30-29(35)31-24-14-5-8-17-27(24)34-2/h3-19H,1-2H3,(H2,30,31,35). The molecule has 0 aliphatic heterocycles. The molecule has 0 bridgehead atoms. The van der Waals surface area contributed by atoms with Crippen molar-refractivity contribution in [3.8, 4) is 5.75 Å². The van der Waals surface area contributed by atoms with Crippen molar-refractivity contribution in [3.63, 3.8) is 0 Å². The maximum atomic E-state index is 13.6. The maximum absolute atomic E-state index is 13.6. The lowest BCUT2D eigenvalue weighted by Gasteiger charge is -2.15. The van der Waals surface area contributed by atoms with Gasteiger partial charge in [0, 0.05) is 21.4 Å². The number of benzene rings is 4. The average molecular weight is 512 g/mol. The molecule has 0 radical (unpaired) electrons. The molecule has 1 atom stereocenters. The zero-order valence-corrected chi connectivity index (χ0v) is 21.5. The summed E-state index contributed by atoms with van der Waals surface area (Å²) in [5.74, 6) is 0.757. The molecule has 1 aromatic heterocycles. The summed E-state index contributed by atoms with van der Waals surface area (Å²) in [6.45, 7) is 1.95. The maximum Gasteiger partial charge on any atom is 0.244 e. The minimum Gasteiger partial charge on any atom is -0.495 e. The Kier molecular flexibility index (Phi) is 6.93. The molecule has 180 valence electrons.